The van der Waals surface area contributed by atoms with Crippen molar-refractivity contribution in [3.05, 3.63) is 36.2 Å². The van der Waals surface area contributed by atoms with E-state index in [1.54, 1.807) is 36.1 Å². The minimum Gasteiger partial charge on any atom is -0.369 e. The molecule has 0 saturated heterocycles. The van der Waals surface area contributed by atoms with Crippen LogP contribution in [0.4, 0.5) is 11.8 Å². The van der Waals surface area contributed by atoms with Gasteiger partial charge in [0.2, 0.25) is 5.95 Å². The number of thiophene rings is 1. The molecule has 6 nitrogen and oxygen atoms in total. The summed E-state index contributed by atoms with van der Waals surface area (Å²) in [7, 11) is 0. The maximum Gasteiger partial charge on any atom is 0.222 e. The number of anilines is 2. The first kappa shape index (κ1) is 12.7. The average Bonchev–Trinajstić information content (AvgIpc) is 2.97. The van der Waals surface area contributed by atoms with Crippen molar-refractivity contribution < 1.29 is 0 Å². The van der Waals surface area contributed by atoms with Crippen LogP contribution in [0.5, 0.6) is 0 Å². The quantitative estimate of drug-likeness (QED) is 0.678. The zero-order valence-corrected chi connectivity index (χ0v) is 11.6. The predicted molar refractivity (Wildman–Crippen MR) is 81.0 cm³/mol. The molecular formula is C13H14N6S. The van der Waals surface area contributed by atoms with E-state index in [0.717, 1.165) is 35.5 Å². The van der Waals surface area contributed by atoms with Crippen molar-refractivity contribution in [2.24, 2.45) is 0 Å². The van der Waals surface area contributed by atoms with Crippen molar-refractivity contribution in [2.45, 2.75) is 6.42 Å². The number of hydrogen-bond donors (Lipinski definition) is 2. The van der Waals surface area contributed by atoms with Gasteiger partial charge in [0, 0.05) is 25.5 Å². The van der Waals surface area contributed by atoms with Gasteiger partial charge in [-0.1, -0.05) is 0 Å². The zero-order valence-electron chi connectivity index (χ0n) is 10.8. The summed E-state index contributed by atoms with van der Waals surface area (Å²) in [6, 6.07) is 3.84. The highest BCUT2D eigenvalue weighted by atomic mass is 32.1. The molecule has 0 spiro atoms. The largest absolute Gasteiger partial charge is 0.369 e. The maximum atomic E-state index is 4.27. The Morgan fingerprint density at radius 3 is 2.75 bits per heavy atom. The molecular weight excluding hydrogens is 272 g/mol. The van der Waals surface area contributed by atoms with Crippen LogP contribution >= 0.6 is 11.3 Å². The average molecular weight is 286 g/mol. The van der Waals surface area contributed by atoms with Gasteiger partial charge < -0.3 is 10.6 Å². The Morgan fingerprint density at radius 1 is 1.00 bits per heavy atom. The van der Waals surface area contributed by atoms with E-state index in [1.165, 1.54) is 0 Å². The minimum absolute atomic E-state index is 0.662. The normalized spacial score (nSPS) is 10.6. The maximum absolute atomic E-state index is 4.27. The molecule has 0 saturated carbocycles. The SMILES string of the molecule is c1cnc(NCCCNc2ncnc3sccc23)nc1. The van der Waals surface area contributed by atoms with Crippen molar-refractivity contribution in [2.75, 3.05) is 23.7 Å². The summed E-state index contributed by atoms with van der Waals surface area (Å²) in [6.07, 6.45) is 5.99. The third-order valence-corrected chi connectivity index (χ3v) is 3.58. The van der Waals surface area contributed by atoms with Crippen molar-refractivity contribution in [3.63, 3.8) is 0 Å². The van der Waals surface area contributed by atoms with Gasteiger partial charge in [-0.05, 0) is 23.9 Å². The fraction of sp³-hybridized carbons (Fsp3) is 0.231. The lowest BCUT2D eigenvalue weighted by Crippen LogP contribution is -2.11. The van der Waals surface area contributed by atoms with Gasteiger partial charge in [0.1, 0.15) is 17.0 Å². The van der Waals surface area contributed by atoms with E-state index >= 15 is 0 Å². The lowest BCUT2D eigenvalue weighted by molar-refractivity contribution is 0.891. The van der Waals surface area contributed by atoms with Crippen LogP contribution in [-0.4, -0.2) is 33.0 Å². The van der Waals surface area contributed by atoms with E-state index in [1.807, 2.05) is 11.4 Å². The summed E-state index contributed by atoms with van der Waals surface area (Å²) in [5.41, 5.74) is 0. The molecule has 102 valence electrons. The number of nitrogens with zero attached hydrogens (tertiary/aromatic N) is 4. The number of fused-ring (bicyclic) bond motifs is 1. The molecule has 3 aromatic rings. The van der Waals surface area contributed by atoms with Crippen molar-refractivity contribution in [1.82, 2.24) is 19.9 Å². The Kier molecular flexibility index (Phi) is 3.98. The van der Waals surface area contributed by atoms with Crippen LogP contribution in [-0.2, 0) is 0 Å². The van der Waals surface area contributed by atoms with Gasteiger partial charge in [0.25, 0.3) is 0 Å². The molecule has 0 aliphatic carbocycles. The highest BCUT2D eigenvalue weighted by Crippen LogP contribution is 2.23. The first-order valence-corrected chi connectivity index (χ1v) is 7.24. The van der Waals surface area contributed by atoms with E-state index < -0.39 is 0 Å². The Morgan fingerprint density at radius 2 is 1.85 bits per heavy atom. The molecule has 0 fully saturated rings. The molecule has 2 N–H and O–H groups in total. The van der Waals surface area contributed by atoms with Crippen LogP contribution in [0.25, 0.3) is 10.2 Å². The third kappa shape index (κ3) is 3.00. The zero-order chi connectivity index (χ0) is 13.6. The van der Waals surface area contributed by atoms with E-state index in [0.29, 0.717) is 5.95 Å². The molecule has 0 amide bonds. The van der Waals surface area contributed by atoms with Gasteiger partial charge in [-0.15, -0.1) is 11.3 Å². The van der Waals surface area contributed by atoms with Crippen LogP contribution in [0.3, 0.4) is 0 Å². The molecule has 3 heterocycles. The predicted octanol–water partition coefficient (Wildman–Crippen LogP) is 2.40. The topological polar surface area (TPSA) is 75.6 Å². The summed E-state index contributed by atoms with van der Waals surface area (Å²) < 4.78 is 0. The van der Waals surface area contributed by atoms with Crippen molar-refractivity contribution in [1.29, 1.82) is 0 Å². The molecule has 0 radical (unpaired) electrons. The van der Waals surface area contributed by atoms with E-state index in [4.69, 9.17) is 0 Å². The van der Waals surface area contributed by atoms with E-state index in [2.05, 4.69) is 30.6 Å². The van der Waals surface area contributed by atoms with Gasteiger partial charge in [-0.25, -0.2) is 19.9 Å². The molecule has 0 bridgehead atoms. The molecule has 7 heteroatoms. The number of aromatic nitrogens is 4. The Balaban J connectivity index is 1.47. The van der Waals surface area contributed by atoms with Gasteiger partial charge in [-0.2, -0.15) is 0 Å². The summed E-state index contributed by atoms with van der Waals surface area (Å²) >= 11 is 1.62. The molecule has 0 unspecified atom stereocenters. The molecule has 0 atom stereocenters. The van der Waals surface area contributed by atoms with Gasteiger partial charge >= 0.3 is 0 Å². The molecule has 0 aliphatic heterocycles. The summed E-state index contributed by atoms with van der Waals surface area (Å²) in [5.74, 6) is 1.56. The van der Waals surface area contributed by atoms with Crippen LogP contribution in [0.2, 0.25) is 0 Å². The second-order valence-corrected chi connectivity index (χ2v) is 5.04. The standard InChI is InChI=1S/C13H14N6S/c1(5-15-13-16-6-2-7-17-13)4-14-11-10-3-8-20-12(10)19-9-18-11/h2-3,6-9H,1,4-5H2,(H,14,18,19)(H,15,16,17). The highest BCUT2D eigenvalue weighted by Gasteiger charge is 2.03. The Hall–Kier alpha value is -2.28. The Labute approximate surface area is 120 Å². The fourth-order valence-corrected chi connectivity index (χ4v) is 2.55. The second-order valence-electron chi connectivity index (χ2n) is 4.14. The lowest BCUT2D eigenvalue weighted by atomic mass is 10.3. The van der Waals surface area contributed by atoms with E-state index in [-0.39, 0.29) is 0 Å². The molecule has 0 aromatic carbocycles. The molecule has 3 aromatic heterocycles. The smallest absolute Gasteiger partial charge is 0.222 e. The Bertz CT molecular complexity index is 669. The number of rotatable bonds is 6. The number of nitrogens with one attached hydrogen (secondary N) is 2. The highest BCUT2D eigenvalue weighted by molar-refractivity contribution is 7.16. The molecule has 20 heavy (non-hydrogen) atoms. The summed E-state index contributed by atoms with van der Waals surface area (Å²) in [4.78, 5) is 17.7. The van der Waals surface area contributed by atoms with Gasteiger partial charge in [0.15, 0.2) is 0 Å². The summed E-state index contributed by atoms with van der Waals surface area (Å²) in [6.45, 7) is 1.65. The summed E-state index contributed by atoms with van der Waals surface area (Å²) in [5, 5.41) is 9.61. The van der Waals surface area contributed by atoms with Crippen molar-refractivity contribution >= 4 is 33.3 Å². The molecule has 3 rings (SSSR count). The first-order chi connectivity index (χ1) is 9.93. The third-order valence-electron chi connectivity index (χ3n) is 2.76. The first-order valence-electron chi connectivity index (χ1n) is 6.36. The molecule has 0 aliphatic rings. The van der Waals surface area contributed by atoms with Gasteiger partial charge in [-0.3, -0.25) is 0 Å². The van der Waals surface area contributed by atoms with Gasteiger partial charge in [0.05, 0.1) is 5.39 Å². The lowest BCUT2D eigenvalue weighted by Gasteiger charge is -2.07. The van der Waals surface area contributed by atoms with E-state index in [9.17, 15) is 0 Å². The number of hydrogen-bond acceptors (Lipinski definition) is 7. The van der Waals surface area contributed by atoms with Crippen LogP contribution in [0.15, 0.2) is 36.2 Å². The van der Waals surface area contributed by atoms with Crippen LogP contribution in [0.1, 0.15) is 6.42 Å². The van der Waals surface area contributed by atoms with Crippen LogP contribution < -0.4 is 10.6 Å². The fourth-order valence-electron chi connectivity index (χ4n) is 1.82. The minimum atomic E-state index is 0.662. The van der Waals surface area contributed by atoms with Crippen LogP contribution in [0, 0.1) is 0 Å². The van der Waals surface area contributed by atoms with Crippen molar-refractivity contribution in [3.8, 4) is 0 Å². The monoisotopic (exact) mass is 286 g/mol. The second kappa shape index (κ2) is 6.25.